The van der Waals surface area contributed by atoms with Gasteiger partial charge in [-0.1, -0.05) is 37.0 Å². The largest absolute Gasteiger partial charge is 0.508 e. The van der Waals surface area contributed by atoms with E-state index < -0.39 is 0 Å². The molecule has 0 unspecified atom stereocenters. The molecule has 0 spiro atoms. The number of hydrogen-bond donors (Lipinski definition) is 2. The summed E-state index contributed by atoms with van der Waals surface area (Å²) in [6.07, 6.45) is 12.5. The van der Waals surface area contributed by atoms with Gasteiger partial charge in [0.2, 0.25) is 0 Å². The summed E-state index contributed by atoms with van der Waals surface area (Å²) in [5.41, 5.74) is 1.41. The maximum Gasteiger partial charge on any atom is 0.120 e. The van der Waals surface area contributed by atoms with Crippen LogP contribution in [0.3, 0.4) is 0 Å². The van der Waals surface area contributed by atoms with Crippen molar-refractivity contribution in [3.63, 3.8) is 0 Å². The molecule has 1 aliphatic rings. The van der Waals surface area contributed by atoms with Gasteiger partial charge < -0.3 is 10.5 Å². The summed E-state index contributed by atoms with van der Waals surface area (Å²) < 4.78 is 0. The third-order valence-electron chi connectivity index (χ3n) is 1.85. The molecule has 0 fully saturated rings. The minimum Gasteiger partial charge on any atom is -0.508 e. The molecule has 2 N–H and O–H groups in total. The highest BCUT2D eigenvalue weighted by Gasteiger charge is 1.98. The summed E-state index contributed by atoms with van der Waals surface area (Å²) in [5, 5.41) is 16.7. The maximum atomic E-state index is 9.55. The van der Waals surface area contributed by atoms with E-state index >= 15 is 0 Å². The highest BCUT2D eigenvalue weighted by Crippen LogP contribution is 2.09. The zero-order valence-electron chi connectivity index (χ0n) is 7.90. The highest BCUT2D eigenvalue weighted by molar-refractivity contribution is 5.77. The second-order valence-corrected chi connectivity index (χ2v) is 2.95. The Bertz CT molecular complexity index is 357. The van der Waals surface area contributed by atoms with Crippen molar-refractivity contribution in [1.29, 1.82) is 5.41 Å². The molecule has 1 rings (SSSR count). The molecule has 0 bridgehead atoms. The zero-order chi connectivity index (χ0) is 10.4. The van der Waals surface area contributed by atoms with Crippen molar-refractivity contribution in [2.24, 2.45) is 0 Å². The van der Waals surface area contributed by atoms with Crippen LogP contribution in [0.4, 0.5) is 0 Å². The van der Waals surface area contributed by atoms with Crippen molar-refractivity contribution in [2.75, 3.05) is 0 Å². The van der Waals surface area contributed by atoms with Crippen LogP contribution in [0, 0.1) is 5.41 Å². The Morgan fingerprint density at radius 1 is 1.29 bits per heavy atom. The van der Waals surface area contributed by atoms with Gasteiger partial charge in [0.25, 0.3) is 0 Å². The SMILES string of the molecule is C=C1/C=C\C=C/C/C(C=N)=C(O)\C=C/1. The van der Waals surface area contributed by atoms with Gasteiger partial charge in [-0.3, -0.25) is 0 Å². The fourth-order valence-electron chi connectivity index (χ4n) is 1.04. The van der Waals surface area contributed by atoms with Crippen molar-refractivity contribution < 1.29 is 5.11 Å². The highest BCUT2D eigenvalue weighted by atomic mass is 16.3. The predicted octanol–water partition coefficient (Wildman–Crippen LogP) is 3.08. The van der Waals surface area contributed by atoms with Crippen LogP contribution in [-0.2, 0) is 0 Å². The van der Waals surface area contributed by atoms with Crippen LogP contribution in [0.1, 0.15) is 6.42 Å². The van der Waals surface area contributed by atoms with E-state index in [2.05, 4.69) is 6.58 Å². The average molecular weight is 187 g/mol. The third-order valence-corrected chi connectivity index (χ3v) is 1.85. The summed E-state index contributed by atoms with van der Waals surface area (Å²) in [7, 11) is 0. The van der Waals surface area contributed by atoms with Crippen molar-refractivity contribution in [1.82, 2.24) is 0 Å². The number of hydrogen-bond acceptors (Lipinski definition) is 2. The second-order valence-electron chi connectivity index (χ2n) is 2.95. The van der Waals surface area contributed by atoms with Crippen molar-refractivity contribution in [3.8, 4) is 0 Å². The first-order valence-corrected chi connectivity index (χ1v) is 4.37. The zero-order valence-corrected chi connectivity index (χ0v) is 7.90. The van der Waals surface area contributed by atoms with Gasteiger partial charge in [0.15, 0.2) is 0 Å². The minimum atomic E-state index is 0.126. The van der Waals surface area contributed by atoms with E-state index in [4.69, 9.17) is 5.41 Å². The van der Waals surface area contributed by atoms with Crippen molar-refractivity contribution >= 4 is 6.21 Å². The van der Waals surface area contributed by atoms with Gasteiger partial charge >= 0.3 is 0 Å². The van der Waals surface area contributed by atoms with E-state index in [1.165, 1.54) is 0 Å². The Morgan fingerprint density at radius 2 is 2.07 bits per heavy atom. The summed E-state index contributed by atoms with van der Waals surface area (Å²) in [6.45, 7) is 3.78. The van der Waals surface area contributed by atoms with Crippen LogP contribution in [0.25, 0.3) is 0 Å². The van der Waals surface area contributed by atoms with Gasteiger partial charge in [0, 0.05) is 11.8 Å². The average Bonchev–Trinajstić information content (AvgIpc) is 2.19. The molecule has 0 saturated carbocycles. The van der Waals surface area contributed by atoms with E-state index in [0.717, 1.165) is 11.8 Å². The van der Waals surface area contributed by atoms with Gasteiger partial charge in [-0.15, -0.1) is 0 Å². The van der Waals surface area contributed by atoms with E-state index in [0.29, 0.717) is 12.0 Å². The number of aliphatic hydroxyl groups is 1. The number of aliphatic hydroxyl groups excluding tert-OH is 1. The lowest BCUT2D eigenvalue weighted by Gasteiger charge is -2.00. The van der Waals surface area contributed by atoms with Crippen LogP contribution >= 0.6 is 0 Å². The Kier molecular flexibility index (Phi) is 3.68. The Hall–Kier alpha value is -1.83. The number of rotatable bonds is 1. The van der Waals surface area contributed by atoms with Crippen LogP contribution in [0.15, 0.2) is 59.9 Å². The van der Waals surface area contributed by atoms with Crippen molar-refractivity contribution in [3.05, 3.63) is 59.9 Å². The van der Waals surface area contributed by atoms with E-state index in [9.17, 15) is 5.11 Å². The fourth-order valence-corrected chi connectivity index (χ4v) is 1.04. The van der Waals surface area contributed by atoms with Gasteiger partial charge in [0.1, 0.15) is 5.76 Å². The molecule has 0 aromatic carbocycles. The molecule has 0 amide bonds. The van der Waals surface area contributed by atoms with Gasteiger partial charge in [0.05, 0.1) is 0 Å². The first-order valence-electron chi connectivity index (χ1n) is 4.37. The first-order chi connectivity index (χ1) is 6.74. The first kappa shape index (κ1) is 10.3. The lowest BCUT2D eigenvalue weighted by molar-refractivity contribution is 0.427. The predicted molar refractivity (Wildman–Crippen MR) is 59.6 cm³/mol. The second kappa shape index (κ2) is 5.02. The molecule has 0 aromatic rings. The number of nitrogens with one attached hydrogen (secondary N) is 1. The molecule has 0 saturated heterocycles. The normalized spacial score (nSPS) is 29.3. The van der Waals surface area contributed by atoms with Crippen LogP contribution in [0.2, 0.25) is 0 Å². The fraction of sp³-hybridized carbons (Fsp3) is 0.0833. The molecule has 0 heterocycles. The van der Waals surface area contributed by atoms with Crippen LogP contribution in [0.5, 0.6) is 0 Å². The third kappa shape index (κ3) is 2.90. The summed E-state index contributed by atoms with van der Waals surface area (Å²) >= 11 is 0. The summed E-state index contributed by atoms with van der Waals surface area (Å²) in [5.74, 6) is 0.126. The lowest BCUT2D eigenvalue weighted by atomic mass is 10.1. The summed E-state index contributed by atoms with van der Waals surface area (Å²) in [6, 6.07) is 0. The van der Waals surface area contributed by atoms with E-state index in [1.54, 1.807) is 12.2 Å². The van der Waals surface area contributed by atoms with Crippen LogP contribution < -0.4 is 0 Å². The molecular weight excluding hydrogens is 174 g/mol. The summed E-state index contributed by atoms with van der Waals surface area (Å²) in [4.78, 5) is 0. The Balaban J connectivity index is 3.01. The van der Waals surface area contributed by atoms with Crippen molar-refractivity contribution in [2.45, 2.75) is 6.42 Å². The smallest absolute Gasteiger partial charge is 0.120 e. The van der Waals surface area contributed by atoms with Gasteiger partial charge in [-0.25, -0.2) is 0 Å². The van der Waals surface area contributed by atoms with Gasteiger partial charge in [-0.2, -0.15) is 0 Å². The Labute approximate surface area is 83.8 Å². The van der Waals surface area contributed by atoms with E-state index in [-0.39, 0.29) is 5.76 Å². The molecule has 72 valence electrons. The molecule has 2 nitrogen and oxygen atoms in total. The molecule has 2 heteroatoms. The molecule has 0 aromatic heterocycles. The number of allylic oxidation sites excluding steroid dienone is 8. The molecular formula is C12H13NO. The minimum absolute atomic E-state index is 0.126. The van der Waals surface area contributed by atoms with Gasteiger partial charge in [-0.05, 0) is 18.1 Å². The molecule has 0 radical (unpaired) electrons. The topological polar surface area (TPSA) is 44.1 Å². The molecule has 0 aliphatic heterocycles. The van der Waals surface area contributed by atoms with E-state index in [1.807, 2.05) is 24.3 Å². The monoisotopic (exact) mass is 187 g/mol. The lowest BCUT2D eigenvalue weighted by Crippen LogP contribution is -1.89. The standard InChI is InChI=1S/C12H13NO/c1-10-5-3-2-4-6-11(9-13)12(14)8-7-10/h2-5,7-9,13-14H,1,6H2/b4-2-,5-3-,8-7-,12-11-,13-9?. The molecule has 14 heavy (non-hydrogen) atoms. The molecule has 0 atom stereocenters. The van der Waals surface area contributed by atoms with Crippen LogP contribution in [-0.4, -0.2) is 11.3 Å². The molecule has 1 aliphatic carbocycles. The quantitative estimate of drug-likeness (QED) is 0.609. The Morgan fingerprint density at radius 3 is 2.79 bits per heavy atom. The maximum absolute atomic E-state index is 9.55.